The third-order valence-electron chi connectivity index (χ3n) is 4.55. The number of halogens is 4. The molecule has 0 unspecified atom stereocenters. The first-order valence-corrected chi connectivity index (χ1v) is 9.78. The SMILES string of the molecule is Cc1cc(C=C2C(=N)N3N=C(C(F)(F)F)SC3=NC2=O)c(C)n1-c1ccc(Cl)cc1. The summed E-state index contributed by atoms with van der Waals surface area (Å²) < 4.78 is 40.8. The molecule has 0 atom stereocenters. The highest BCUT2D eigenvalue weighted by molar-refractivity contribution is 8.27. The van der Waals surface area contributed by atoms with Crippen LogP contribution in [0.3, 0.4) is 0 Å². The number of benzene rings is 1. The molecule has 30 heavy (non-hydrogen) atoms. The van der Waals surface area contributed by atoms with Crippen LogP contribution in [0.5, 0.6) is 0 Å². The van der Waals surface area contributed by atoms with E-state index in [1.807, 2.05) is 36.6 Å². The fourth-order valence-electron chi connectivity index (χ4n) is 3.18. The highest BCUT2D eigenvalue weighted by Gasteiger charge is 2.46. The minimum absolute atomic E-state index is 0.136. The van der Waals surface area contributed by atoms with Crippen LogP contribution in [0.4, 0.5) is 13.2 Å². The van der Waals surface area contributed by atoms with Crippen LogP contribution in [0.2, 0.25) is 5.02 Å². The van der Waals surface area contributed by atoms with Gasteiger partial charge in [-0.25, -0.2) is 0 Å². The Balaban J connectivity index is 1.74. The molecule has 0 bridgehead atoms. The number of rotatable bonds is 2. The number of amides is 1. The van der Waals surface area contributed by atoms with Crippen LogP contribution in [-0.2, 0) is 4.79 Å². The van der Waals surface area contributed by atoms with Gasteiger partial charge in [-0.3, -0.25) is 10.2 Å². The lowest BCUT2D eigenvalue weighted by molar-refractivity contribution is -0.114. The summed E-state index contributed by atoms with van der Waals surface area (Å²) in [6.07, 6.45) is -3.23. The predicted molar refractivity (Wildman–Crippen MR) is 111 cm³/mol. The van der Waals surface area contributed by atoms with Crippen molar-refractivity contribution in [2.75, 3.05) is 0 Å². The number of carbonyl (C=O) groups is 1. The molecular weight excluding hydrogens is 439 g/mol. The van der Waals surface area contributed by atoms with Crippen LogP contribution in [0.15, 0.2) is 46.0 Å². The van der Waals surface area contributed by atoms with E-state index in [1.165, 1.54) is 6.08 Å². The number of amidine groups is 2. The number of aromatic nitrogens is 1. The molecular formula is C19H13ClF3N5OS. The van der Waals surface area contributed by atoms with Crippen molar-refractivity contribution in [3.8, 4) is 5.69 Å². The van der Waals surface area contributed by atoms with Crippen molar-refractivity contribution < 1.29 is 18.0 Å². The number of alkyl halides is 3. The zero-order valence-corrected chi connectivity index (χ0v) is 17.2. The number of aliphatic imine (C=N–C) groups is 1. The van der Waals surface area contributed by atoms with E-state index in [0.717, 1.165) is 22.1 Å². The number of thioether (sulfide) groups is 1. The van der Waals surface area contributed by atoms with Gasteiger partial charge in [0, 0.05) is 22.1 Å². The van der Waals surface area contributed by atoms with E-state index in [1.54, 1.807) is 12.1 Å². The van der Waals surface area contributed by atoms with Crippen molar-refractivity contribution in [3.63, 3.8) is 0 Å². The van der Waals surface area contributed by atoms with Crippen LogP contribution in [0, 0.1) is 19.3 Å². The van der Waals surface area contributed by atoms with Gasteiger partial charge in [-0.2, -0.15) is 28.3 Å². The summed E-state index contributed by atoms with van der Waals surface area (Å²) in [5.74, 6) is -1.23. The highest BCUT2D eigenvalue weighted by atomic mass is 35.5. The number of fused-ring (bicyclic) bond motifs is 1. The van der Waals surface area contributed by atoms with E-state index in [9.17, 15) is 18.0 Å². The fraction of sp³-hybridized carbons (Fsp3) is 0.158. The second kappa shape index (κ2) is 7.13. The minimum Gasteiger partial charge on any atom is -0.318 e. The van der Waals surface area contributed by atoms with Crippen LogP contribution in [-0.4, -0.2) is 37.7 Å². The second-order valence-corrected chi connectivity index (χ2v) is 7.95. The normalized spacial score (nSPS) is 18.1. The second-order valence-electron chi connectivity index (χ2n) is 6.56. The summed E-state index contributed by atoms with van der Waals surface area (Å²) >= 11 is 6.17. The van der Waals surface area contributed by atoms with E-state index in [-0.39, 0.29) is 22.5 Å². The number of nitrogens with zero attached hydrogens (tertiary/aromatic N) is 4. The van der Waals surface area contributed by atoms with Gasteiger partial charge >= 0.3 is 6.18 Å². The quantitative estimate of drug-likeness (QED) is 0.658. The van der Waals surface area contributed by atoms with Crippen molar-refractivity contribution in [2.24, 2.45) is 10.1 Å². The molecule has 1 amide bonds. The van der Waals surface area contributed by atoms with Crippen molar-refractivity contribution in [1.29, 1.82) is 5.41 Å². The van der Waals surface area contributed by atoms with Gasteiger partial charge in [0.25, 0.3) is 5.91 Å². The van der Waals surface area contributed by atoms with Crippen LogP contribution in [0.25, 0.3) is 11.8 Å². The van der Waals surface area contributed by atoms with Crippen molar-refractivity contribution in [3.05, 3.63) is 57.9 Å². The zero-order valence-electron chi connectivity index (χ0n) is 15.6. The Labute approximate surface area is 178 Å². The number of aryl methyl sites for hydroxylation is 1. The Morgan fingerprint density at radius 3 is 2.50 bits per heavy atom. The summed E-state index contributed by atoms with van der Waals surface area (Å²) in [5, 5.41) is 11.5. The minimum atomic E-state index is -4.68. The van der Waals surface area contributed by atoms with Crippen molar-refractivity contribution in [1.82, 2.24) is 9.58 Å². The molecule has 2 aliphatic rings. The smallest absolute Gasteiger partial charge is 0.318 e. The molecule has 3 heterocycles. The summed E-state index contributed by atoms with van der Waals surface area (Å²) in [7, 11) is 0. The first-order valence-electron chi connectivity index (χ1n) is 8.58. The van der Waals surface area contributed by atoms with Gasteiger partial charge in [-0.05, 0) is 67.6 Å². The molecule has 11 heteroatoms. The molecule has 1 aromatic carbocycles. The first kappa shape index (κ1) is 20.4. The summed E-state index contributed by atoms with van der Waals surface area (Å²) in [4.78, 5) is 16.1. The number of hydrazone groups is 1. The largest absolute Gasteiger partial charge is 0.441 e. The number of nitrogens with one attached hydrogen (secondary N) is 1. The molecule has 0 spiro atoms. The van der Waals surface area contributed by atoms with Gasteiger partial charge in [-0.15, -0.1) is 0 Å². The first-order chi connectivity index (χ1) is 14.1. The average molecular weight is 452 g/mol. The molecule has 6 nitrogen and oxygen atoms in total. The molecule has 0 aliphatic carbocycles. The van der Waals surface area contributed by atoms with E-state index in [0.29, 0.717) is 10.6 Å². The molecule has 1 N–H and O–H groups in total. The van der Waals surface area contributed by atoms with Gasteiger partial charge in [0.1, 0.15) is 0 Å². The summed E-state index contributed by atoms with van der Waals surface area (Å²) in [5.41, 5.74) is 3.02. The molecule has 0 radical (unpaired) electrons. The van der Waals surface area contributed by atoms with E-state index >= 15 is 0 Å². The zero-order chi connectivity index (χ0) is 21.8. The monoisotopic (exact) mass is 451 g/mol. The van der Waals surface area contributed by atoms with Crippen molar-refractivity contribution >= 4 is 51.4 Å². The van der Waals surface area contributed by atoms with Gasteiger partial charge in [0.2, 0.25) is 10.2 Å². The van der Waals surface area contributed by atoms with Gasteiger partial charge in [0.15, 0.2) is 5.84 Å². The summed E-state index contributed by atoms with van der Waals surface area (Å²) in [6.45, 7) is 3.72. The standard InChI is InChI=1S/C19H13ClF3N5OS/c1-9-7-11(10(2)27(9)13-5-3-12(20)4-6-13)8-14-15(24)28-18(25-16(14)29)30-17(26-28)19(21,22)23/h3-8,24H,1-2H3. The molecule has 0 fully saturated rings. The molecule has 1 aromatic heterocycles. The van der Waals surface area contributed by atoms with Crippen LogP contribution >= 0.6 is 23.4 Å². The number of hydrogen-bond donors (Lipinski definition) is 1. The molecule has 2 aromatic rings. The Morgan fingerprint density at radius 1 is 1.20 bits per heavy atom. The van der Waals surface area contributed by atoms with Crippen molar-refractivity contribution in [2.45, 2.75) is 20.0 Å². The Morgan fingerprint density at radius 2 is 1.87 bits per heavy atom. The van der Waals surface area contributed by atoms with Crippen LogP contribution < -0.4 is 0 Å². The van der Waals surface area contributed by atoms with E-state index < -0.39 is 23.0 Å². The van der Waals surface area contributed by atoms with E-state index in [4.69, 9.17) is 17.0 Å². The molecule has 154 valence electrons. The molecule has 0 saturated heterocycles. The van der Waals surface area contributed by atoms with Gasteiger partial charge in [0.05, 0.1) is 5.57 Å². The predicted octanol–water partition coefficient (Wildman–Crippen LogP) is 4.93. The van der Waals surface area contributed by atoms with E-state index in [2.05, 4.69) is 10.1 Å². The lowest BCUT2D eigenvalue weighted by Crippen LogP contribution is -2.35. The third kappa shape index (κ3) is 3.46. The number of carbonyl (C=O) groups excluding carboxylic acids is 1. The maximum Gasteiger partial charge on any atom is 0.441 e. The summed E-state index contributed by atoms with van der Waals surface area (Å²) in [6, 6.07) is 9.02. The number of hydrogen-bond acceptors (Lipinski definition) is 4. The molecule has 4 rings (SSSR count). The topological polar surface area (TPSA) is 73.8 Å². The Kier molecular flexibility index (Phi) is 4.86. The molecule has 0 saturated carbocycles. The highest BCUT2D eigenvalue weighted by Crippen LogP contribution is 2.35. The van der Waals surface area contributed by atoms with Crippen LogP contribution in [0.1, 0.15) is 17.0 Å². The lowest BCUT2D eigenvalue weighted by atomic mass is 10.1. The Bertz CT molecular complexity index is 1180. The molecule has 2 aliphatic heterocycles. The maximum atomic E-state index is 12.9. The maximum absolute atomic E-state index is 12.9. The lowest BCUT2D eigenvalue weighted by Gasteiger charge is -2.20. The third-order valence-corrected chi connectivity index (χ3v) is 5.76. The van der Waals surface area contributed by atoms with Gasteiger partial charge in [-0.1, -0.05) is 11.6 Å². The average Bonchev–Trinajstić information content (AvgIpc) is 3.21. The Hall–Kier alpha value is -2.85. The fourth-order valence-corrected chi connectivity index (χ4v) is 4.07. The van der Waals surface area contributed by atoms with Gasteiger partial charge < -0.3 is 4.57 Å².